The van der Waals surface area contributed by atoms with Gasteiger partial charge in [0.05, 0.1) is 6.10 Å². The number of amides is 1. The lowest BCUT2D eigenvalue weighted by Crippen LogP contribution is -2.37. The van der Waals surface area contributed by atoms with E-state index < -0.39 is 0 Å². The van der Waals surface area contributed by atoms with Gasteiger partial charge in [-0.1, -0.05) is 6.07 Å². The molecule has 2 rings (SSSR count). The molecule has 0 radical (unpaired) electrons. The molecule has 0 aromatic heterocycles. The zero-order valence-electron chi connectivity index (χ0n) is 10.8. The van der Waals surface area contributed by atoms with Crippen molar-refractivity contribution in [3.05, 3.63) is 30.1 Å². The molecular formula is C14H19FN2O2. The van der Waals surface area contributed by atoms with Crippen LogP contribution in [-0.4, -0.2) is 41.7 Å². The highest BCUT2D eigenvalue weighted by atomic mass is 19.1. The minimum atomic E-state index is -0.359. The minimum absolute atomic E-state index is 0.114. The van der Waals surface area contributed by atoms with E-state index in [0.29, 0.717) is 18.7 Å². The zero-order chi connectivity index (χ0) is 13.7. The van der Waals surface area contributed by atoms with Crippen molar-refractivity contribution in [2.24, 2.45) is 0 Å². The number of rotatable bonds is 4. The average Bonchev–Trinajstić information content (AvgIpc) is 2.38. The van der Waals surface area contributed by atoms with E-state index >= 15 is 0 Å². The first-order valence-electron chi connectivity index (χ1n) is 6.59. The van der Waals surface area contributed by atoms with E-state index in [1.807, 2.05) is 0 Å². The maximum atomic E-state index is 12.9. The molecule has 0 atom stereocenters. The number of halogens is 1. The molecule has 1 aromatic carbocycles. The number of carbonyl (C=O) groups is 1. The van der Waals surface area contributed by atoms with Gasteiger partial charge in [0.1, 0.15) is 5.82 Å². The van der Waals surface area contributed by atoms with Crippen molar-refractivity contribution in [3.8, 4) is 0 Å². The topological polar surface area (TPSA) is 52.6 Å². The van der Waals surface area contributed by atoms with Gasteiger partial charge in [-0.3, -0.25) is 4.79 Å². The Morgan fingerprint density at radius 1 is 1.42 bits per heavy atom. The lowest BCUT2D eigenvalue weighted by molar-refractivity contribution is -0.116. The lowest BCUT2D eigenvalue weighted by Gasteiger charge is -2.29. The smallest absolute Gasteiger partial charge is 0.225 e. The number of hydrogen-bond donors (Lipinski definition) is 2. The molecule has 5 heteroatoms. The number of aliphatic hydroxyl groups is 1. The first-order valence-corrected chi connectivity index (χ1v) is 6.59. The van der Waals surface area contributed by atoms with E-state index in [9.17, 15) is 14.3 Å². The van der Waals surface area contributed by atoms with Gasteiger partial charge in [-0.05, 0) is 31.0 Å². The Bertz CT molecular complexity index is 431. The molecule has 19 heavy (non-hydrogen) atoms. The summed E-state index contributed by atoms with van der Waals surface area (Å²) in [5.74, 6) is -0.473. The van der Waals surface area contributed by atoms with Gasteiger partial charge in [-0.25, -0.2) is 4.39 Å². The van der Waals surface area contributed by atoms with Crippen molar-refractivity contribution < 1.29 is 14.3 Å². The Morgan fingerprint density at radius 3 is 2.84 bits per heavy atom. The summed E-state index contributed by atoms with van der Waals surface area (Å²) >= 11 is 0. The second-order valence-electron chi connectivity index (χ2n) is 4.88. The van der Waals surface area contributed by atoms with Crippen molar-refractivity contribution in [1.82, 2.24) is 4.90 Å². The van der Waals surface area contributed by atoms with Gasteiger partial charge < -0.3 is 15.3 Å². The Balaban J connectivity index is 1.73. The maximum absolute atomic E-state index is 12.9. The number of piperidine rings is 1. The highest BCUT2D eigenvalue weighted by molar-refractivity contribution is 5.90. The predicted molar refractivity (Wildman–Crippen MR) is 71.3 cm³/mol. The second-order valence-corrected chi connectivity index (χ2v) is 4.88. The maximum Gasteiger partial charge on any atom is 0.225 e. The molecule has 0 aliphatic carbocycles. The number of nitrogens with zero attached hydrogens (tertiary/aromatic N) is 1. The molecule has 1 saturated heterocycles. The summed E-state index contributed by atoms with van der Waals surface area (Å²) in [6.45, 7) is 2.33. The summed E-state index contributed by atoms with van der Waals surface area (Å²) in [5.41, 5.74) is 0.485. The third kappa shape index (κ3) is 4.61. The van der Waals surface area contributed by atoms with E-state index in [4.69, 9.17) is 0 Å². The summed E-state index contributed by atoms with van der Waals surface area (Å²) in [6, 6.07) is 5.87. The number of benzene rings is 1. The van der Waals surface area contributed by atoms with Crippen LogP contribution >= 0.6 is 0 Å². The number of nitrogens with one attached hydrogen (secondary N) is 1. The molecular weight excluding hydrogens is 247 g/mol. The number of anilines is 1. The Hall–Kier alpha value is -1.46. The summed E-state index contributed by atoms with van der Waals surface area (Å²) < 4.78 is 12.9. The van der Waals surface area contributed by atoms with Crippen LogP contribution in [-0.2, 0) is 4.79 Å². The van der Waals surface area contributed by atoms with E-state index in [-0.39, 0.29) is 17.8 Å². The van der Waals surface area contributed by atoms with Crippen LogP contribution in [0.25, 0.3) is 0 Å². The molecule has 2 N–H and O–H groups in total. The van der Waals surface area contributed by atoms with E-state index in [2.05, 4.69) is 10.2 Å². The Morgan fingerprint density at radius 2 is 2.16 bits per heavy atom. The van der Waals surface area contributed by atoms with Crippen LogP contribution in [0.15, 0.2) is 24.3 Å². The Kier molecular flexibility index (Phi) is 4.87. The number of hydrogen-bond acceptors (Lipinski definition) is 3. The molecule has 0 bridgehead atoms. The normalized spacial score (nSPS) is 17.4. The molecule has 0 spiro atoms. The molecule has 1 fully saturated rings. The van der Waals surface area contributed by atoms with Gasteiger partial charge in [-0.2, -0.15) is 0 Å². The van der Waals surface area contributed by atoms with Gasteiger partial charge in [0, 0.05) is 31.7 Å². The van der Waals surface area contributed by atoms with Crippen LogP contribution < -0.4 is 5.32 Å². The fourth-order valence-electron chi connectivity index (χ4n) is 2.19. The fraction of sp³-hybridized carbons (Fsp3) is 0.500. The van der Waals surface area contributed by atoms with Gasteiger partial charge in [0.2, 0.25) is 5.91 Å². The van der Waals surface area contributed by atoms with E-state index in [1.165, 1.54) is 12.1 Å². The molecule has 1 amide bonds. The third-order valence-corrected chi connectivity index (χ3v) is 3.32. The van der Waals surface area contributed by atoms with Crippen molar-refractivity contribution in [2.45, 2.75) is 25.4 Å². The molecule has 4 nitrogen and oxygen atoms in total. The van der Waals surface area contributed by atoms with E-state index in [0.717, 1.165) is 25.9 Å². The lowest BCUT2D eigenvalue weighted by atomic mass is 10.1. The molecule has 0 saturated carbocycles. The quantitative estimate of drug-likeness (QED) is 0.870. The van der Waals surface area contributed by atoms with Crippen LogP contribution in [0.5, 0.6) is 0 Å². The number of carbonyl (C=O) groups excluding carboxylic acids is 1. The first-order chi connectivity index (χ1) is 9.13. The highest BCUT2D eigenvalue weighted by Gasteiger charge is 2.17. The summed E-state index contributed by atoms with van der Waals surface area (Å²) in [7, 11) is 0. The molecule has 1 heterocycles. The third-order valence-electron chi connectivity index (χ3n) is 3.32. The van der Waals surface area contributed by atoms with Crippen molar-refractivity contribution in [2.75, 3.05) is 25.0 Å². The molecule has 104 valence electrons. The molecule has 1 aliphatic heterocycles. The fourth-order valence-corrected chi connectivity index (χ4v) is 2.19. The van der Waals surface area contributed by atoms with Crippen molar-refractivity contribution in [1.29, 1.82) is 0 Å². The van der Waals surface area contributed by atoms with Crippen LogP contribution in [0.1, 0.15) is 19.3 Å². The van der Waals surface area contributed by atoms with Gasteiger partial charge in [-0.15, -0.1) is 0 Å². The summed E-state index contributed by atoms with van der Waals surface area (Å²) in [6.07, 6.45) is 1.72. The monoisotopic (exact) mass is 266 g/mol. The van der Waals surface area contributed by atoms with E-state index in [1.54, 1.807) is 12.1 Å². The van der Waals surface area contributed by atoms with Crippen LogP contribution in [0.3, 0.4) is 0 Å². The number of aliphatic hydroxyl groups excluding tert-OH is 1. The van der Waals surface area contributed by atoms with Crippen LogP contribution in [0.4, 0.5) is 10.1 Å². The standard InChI is InChI=1S/C14H19FN2O2/c15-11-2-1-3-12(10-11)16-14(19)6-9-17-7-4-13(18)5-8-17/h1-3,10,13,18H,4-9H2,(H,16,19). The molecule has 1 aliphatic rings. The van der Waals surface area contributed by atoms with Gasteiger partial charge >= 0.3 is 0 Å². The van der Waals surface area contributed by atoms with Crippen molar-refractivity contribution >= 4 is 11.6 Å². The van der Waals surface area contributed by atoms with Crippen molar-refractivity contribution in [3.63, 3.8) is 0 Å². The highest BCUT2D eigenvalue weighted by Crippen LogP contribution is 2.12. The second kappa shape index (κ2) is 6.63. The first kappa shape index (κ1) is 14.0. The SMILES string of the molecule is O=C(CCN1CCC(O)CC1)Nc1cccc(F)c1. The molecule has 1 aromatic rings. The van der Waals surface area contributed by atoms with Gasteiger partial charge in [0.25, 0.3) is 0 Å². The minimum Gasteiger partial charge on any atom is -0.393 e. The van der Waals surface area contributed by atoms with Crippen LogP contribution in [0.2, 0.25) is 0 Å². The average molecular weight is 266 g/mol. The summed E-state index contributed by atoms with van der Waals surface area (Å²) in [4.78, 5) is 13.9. The molecule has 0 unspecified atom stereocenters. The predicted octanol–water partition coefficient (Wildman–Crippen LogP) is 1.61. The van der Waals surface area contributed by atoms with Gasteiger partial charge in [0.15, 0.2) is 0 Å². The Labute approximate surface area is 112 Å². The summed E-state index contributed by atoms with van der Waals surface area (Å²) in [5, 5.41) is 12.1. The zero-order valence-corrected chi connectivity index (χ0v) is 10.8. The van der Waals surface area contributed by atoms with Crippen LogP contribution in [0, 0.1) is 5.82 Å². The number of likely N-dealkylation sites (tertiary alicyclic amines) is 1. The largest absolute Gasteiger partial charge is 0.393 e.